The Morgan fingerprint density at radius 2 is 0.743 bits per heavy atom. The molecule has 0 aliphatic rings. The van der Waals surface area contributed by atoms with Crippen molar-refractivity contribution >= 4 is 19.8 Å². The van der Waals surface area contributed by atoms with Gasteiger partial charge in [0.15, 0.2) is 6.10 Å². The van der Waals surface area contributed by atoms with Crippen molar-refractivity contribution in [2.45, 2.75) is 219 Å². The lowest BCUT2D eigenvalue weighted by atomic mass is 10.1. The first kappa shape index (κ1) is 69.9. The van der Waals surface area contributed by atoms with Crippen LogP contribution in [0.1, 0.15) is 213 Å². The molecule has 2 atom stereocenters. The second-order valence-electron chi connectivity index (χ2n) is 18.4. The summed E-state index contributed by atoms with van der Waals surface area (Å²) < 4.78 is 33.0. The minimum atomic E-state index is -4.41. The van der Waals surface area contributed by atoms with Crippen LogP contribution in [-0.2, 0) is 32.7 Å². The quantitative estimate of drug-likeness (QED) is 0.0264. The van der Waals surface area contributed by atoms with Gasteiger partial charge in [0.25, 0.3) is 0 Å². The molecule has 0 spiro atoms. The fourth-order valence-corrected chi connectivity index (χ4v) is 7.99. The number of nitrogens with two attached hydrogens (primary N) is 1. The van der Waals surface area contributed by atoms with E-state index >= 15 is 0 Å². The van der Waals surface area contributed by atoms with Crippen molar-refractivity contribution in [2.24, 2.45) is 5.73 Å². The summed E-state index contributed by atoms with van der Waals surface area (Å²) in [5, 5.41) is 0. The molecule has 10 heteroatoms. The summed E-state index contributed by atoms with van der Waals surface area (Å²) in [6.45, 7) is 3.55. The molecule has 418 valence electrons. The molecule has 0 amide bonds. The molecular formula is C64H104NO8P. The Morgan fingerprint density at radius 1 is 0.419 bits per heavy atom. The Kier molecular flexibility index (Phi) is 54.9. The van der Waals surface area contributed by atoms with Gasteiger partial charge in [0, 0.05) is 19.4 Å². The maximum absolute atomic E-state index is 12.7. The van der Waals surface area contributed by atoms with Crippen molar-refractivity contribution in [1.82, 2.24) is 0 Å². The summed E-state index contributed by atoms with van der Waals surface area (Å²) in [4.78, 5) is 35.1. The molecule has 0 rings (SSSR count). The van der Waals surface area contributed by atoms with E-state index in [0.717, 1.165) is 122 Å². The predicted molar refractivity (Wildman–Crippen MR) is 316 cm³/mol. The van der Waals surface area contributed by atoms with Gasteiger partial charge < -0.3 is 20.1 Å². The van der Waals surface area contributed by atoms with Crippen LogP contribution in [0.15, 0.2) is 146 Å². The highest BCUT2D eigenvalue weighted by Gasteiger charge is 2.26. The molecule has 0 bridgehead atoms. The van der Waals surface area contributed by atoms with Gasteiger partial charge in [0.05, 0.1) is 13.2 Å². The molecule has 0 aliphatic heterocycles. The molecule has 74 heavy (non-hydrogen) atoms. The van der Waals surface area contributed by atoms with E-state index in [9.17, 15) is 19.0 Å². The second-order valence-corrected chi connectivity index (χ2v) is 19.9. The standard InChI is InChI=1S/C64H104NO8P/c1-3-5-7-9-11-13-15-17-19-21-23-24-25-26-27-28-29-30-31-32-33-34-35-36-37-38-39-41-43-45-47-49-51-53-55-57-64(67)73-62(61-72-74(68,69)71-59-58-65)60-70-63(66)56-54-52-50-48-46-44-42-40-22-20-18-16-14-12-10-8-6-4-2/h5,7,11,13-14,16-17,19-20,22-24,26-27,29-30,32-33,35-36,38-39,43,45,62H,3-4,6,8-10,12,15,18,21,25,28,31,34,37,40-42,44,46-61,65H2,1-2H3,(H,68,69)/b7-5-,13-11-,16-14-,19-17-,22-20-,24-23-,27-26-,30-29-,33-32-,36-35-,39-38-,45-43-. The van der Waals surface area contributed by atoms with Gasteiger partial charge in [-0.05, 0) is 122 Å². The topological polar surface area (TPSA) is 134 Å². The fourth-order valence-electron chi connectivity index (χ4n) is 7.22. The zero-order chi connectivity index (χ0) is 53.8. The first-order chi connectivity index (χ1) is 36.3. The number of rotatable bonds is 52. The third-order valence-electron chi connectivity index (χ3n) is 11.5. The Balaban J connectivity index is 4.11. The second kappa shape index (κ2) is 58.2. The van der Waals surface area contributed by atoms with Crippen LogP contribution in [0, 0.1) is 0 Å². The first-order valence-electron chi connectivity index (χ1n) is 28.8. The number of esters is 2. The fraction of sp³-hybridized carbons (Fsp3) is 0.594. The van der Waals surface area contributed by atoms with Gasteiger partial charge in [-0.1, -0.05) is 224 Å². The van der Waals surface area contributed by atoms with E-state index in [4.69, 9.17) is 24.3 Å². The van der Waals surface area contributed by atoms with Crippen LogP contribution < -0.4 is 5.73 Å². The SMILES string of the molecule is CC/C=C\C/C=C\C/C=C\C/C=C\C/C=C\C/C=C\C/C=C\C/C=C\C/C=C\C/C=C\CCCCCCC(=O)OC(COC(=O)CCCCCCCCC/C=C\C/C=C\CCCCCC)COP(=O)(O)OCCN. The normalized spacial score (nSPS) is 14.2. The van der Waals surface area contributed by atoms with Gasteiger partial charge in [-0.3, -0.25) is 18.6 Å². The Morgan fingerprint density at radius 3 is 1.11 bits per heavy atom. The van der Waals surface area contributed by atoms with E-state index in [1.54, 1.807) is 0 Å². The molecule has 0 aromatic carbocycles. The average Bonchev–Trinajstić information content (AvgIpc) is 3.39. The zero-order valence-corrected chi connectivity index (χ0v) is 47.4. The van der Waals surface area contributed by atoms with Crippen molar-refractivity contribution in [3.05, 3.63) is 146 Å². The van der Waals surface area contributed by atoms with Crippen molar-refractivity contribution < 1.29 is 37.6 Å². The van der Waals surface area contributed by atoms with Gasteiger partial charge in [0.2, 0.25) is 0 Å². The highest BCUT2D eigenvalue weighted by atomic mass is 31.2. The zero-order valence-electron chi connectivity index (χ0n) is 46.5. The number of phosphoric acid groups is 1. The largest absolute Gasteiger partial charge is 0.472 e. The number of allylic oxidation sites excluding steroid dienone is 24. The smallest absolute Gasteiger partial charge is 0.462 e. The maximum atomic E-state index is 12.7. The highest BCUT2D eigenvalue weighted by Crippen LogP contribution is 2.43. The highest BCUT2D eigenvalue weighted by molar-refractivity contribution is 7.47. The van der Waals surface area contributed by atoms with Crippen molar-refractivity contribution in [3.63, 3.8) is 0 Å². The summed E-state index contributed by atoms with van der Waals surface area (Å²) in [5.74, 6) is -0.877. The number of carbonyl (C=O) groups is 2. The Labute approximate surface area is 452 Å². The van der Waals surface area contributed by atoms with Crippen molar-refractivity contribution in [3.8, 4) is 0 Å². The Hall–Kier alpha value is -4.11. The number of ether oxygens (including phenoxy) is 2. The lowest BCUT2D eigenvalue weighted by Gasteiger charge is -2.19. The van der Waals surface area contributed by atoms with Crippen LogP contribution in [0.25, 0.3) is 0 Å². The number of carbonyl (C=O) groups excluding carboxylic acids is 2. The van der Waals surface area contributed by atoms with Gasteiger partial charge in [0.1, 0.15) is 6.61 Å². The van der Waals surface area contributed by atoms with E-state index in [1.165, 1.54) is 51.4 Å². The lowest BCUT2D eigenvalue weighted by molar-refractivity contribution is -0.161. The molecule has 0 saturated carbocycles. The maximum Gasteiger partial charge on any atom is 0.472 e. The predicted octanol–water partition coefficient (Wildman–Crippen LogP) is 18.3. The summed E-state index contributed by atoms with van der Waals surface area (Å²) >= 11 is 0. The number of unbranched alkanes of at least 4 members (excludes halogenated alkanes) is 15. The van der Waals surface area contributed by atoms with Crippen LogP contribution >= 0.6 is 7.82 Å². The molecule has 0 fully saturated rings. The molecule has 0 aromatic rings. The average molecular weight is 1050 g/mol. The van der Waals surface area contributed by atoms with Crippen LogP contribution in [0.2, 0.25) is 0 Å². The first-order valence-corrected chi connectivity index (χ1v) is 30.3. The van der Waals surface area contributed by atoms with Crippen LogP contribution in [0.3, 0.4) is 0 Å². The Bertz CT molecular complexity index is 1710. The molecular weight excluding hydrogens is 942 g/mol. The molecule has 0 aromatic heterocycles. The van der Waals surface area contributed by atoms with Gasteiger partial charge in [-0.15, -0.1) is 0 Å². The third kappa shape index (κ3) is 57.2. The summed E-state index contributed by atoms with van der Waals surface area (Å²) in [6.07, 6.45) is 83.2. The number of hydrogen-bond donors (Lipinski definition) is 2. The molecule has 9 nitrogen and oxygen atoms in total. The third-order valence-corrected chi connectivity index (χ3v) is 12.4. The number of hydrogen-bond acceptors (Lipinski definition) is 8. The molecule has 2 unspecified atom stereocenters. The van der Waals surface area contributed by atoms with Crippen LogP contribution in [0.5, 0.6) is 0 Å². The van der Waals surface area contributed by atoms with Gasteiger partial charge >= 0.3 is 19.8 Å². The molecule has 0 saturated heterocycles. The molecule has 0 radical (unpaired) electrons. The summed E-state index contributed by atoms with van der Waals surface area (Å²) in [6, 6.07) is 0. The molecule has 0 heterocycles. The van der Waals surface area contributed by atoms with E-state index in [0.29, 0.717) is 12.8 Å². The minimum absolute atomic E-state index is 0.0397. The van der Waals surface area contributed by atoms with Gasteiger partial charge in [-0.2, -0.15) is 0 Å². The lowest BCUT2D eigenvalue weighted by Crippen LogP contribution is -2.29. The van der Waals surface area contributed by atoms with Crippen molar-refractivity contribution in [2.75, 3.05) is 26.4 Å². The van der Waals surface area contributed by atoms with E-state index < -0.39 is 32.5 Å². The number of phosphoric ester groups is 1. The van der Waals surface area contributed by atoms with Crippen LogP contribution in [-0.4, -0.2) is 49.3 Å². The van der Waals surface area contributed by atoms with Crippen molar-refractivity contribution in [1.29, 1.82) is 0 Å². The van der Waals surface area contributed by atoms with E-state index in [-0.39, 0.29) is 32.6 Å². The summed E-state index contributed by atoms with van der Waals surface area (Å²) in [7, 11) is -4.41. The van der Waals surface area contributed by atoms with Gasteiger partial charge in [-0.25, -0.2) is 4.57 Å². The van der Waals surface area contributed by atoms with E-state index in [2.05, 4.69) is 160 Å². The van der Waals surface area contributed by atoms with E-state index in [1.807, 2.05) is 0 Å². The molecule has 0 aliphatic carbocycles. The monoisotopic (exact) mass is 1050 g/mol. The minimum Gasteiger partial charge on any atom is -0.462 e. The van der Waals surface area contributed by atoms with Crippen LogP contribution in [0.4, 0.5) is 0 Å². The molecule has 3 N–H and O–H groups in total. The summed E-state index contributed by atoms with van der Waals surface area (Å²) in [5.41, 5.74) is 5.37.